The summed E-state index contributed by atoms with van der Waals surface area (Å²) in [5, 5.41) is 11.3. The minimum absolute atomic E-state index is 0.0383. The van der Waals surface area contributed by atoms with Crippen LogP contribution < -0.4 is 25.2 Å². The average molecular weight is 675 g/mol. The number of rotatable bonds is 12. The van der Waals surface area contributed by atoms with Gasteiger partial charge in [0.25, 0.3) is 0 Å². The highest BCUT2D eigenvalue weighted by Gasteiger charge is 2.40. The molecule has 1 saturated heterocycles. The van der Waals surface area contributed by atoms with Crippen LogP contribution in [0, 0.1) is 17.8 Å². The second-order valence-corrected chi connectivity index (χ2v) is 13.0. The number of nitrogens with zero attached hydrogens (tertiary/aromatic N) is 6. The SMILES string of the molecule is C=CC(=O)Nc1cc(Nc2nccc(-c3cc4n(n3)-c3ccccc3N(C)C4)n2)c(OCCC2CC(C(=O)C=C)C2C)cc1N1CCOCC1. The van der Waals surface area contributed by atoms with Crippen molar-refractivity contribution in [2.75, 3.05) is 60.4 Å². The molecule has 2 aromatic heterocycles. The molecule has 3 atom stereocenters. The molecule has 50 heavy (non-hydrogen) atoms. The van der Waals surface area contributed by atoms with Crippen LogP contribution >= 0.6 is 0 Å². The van der Waals surface area contributed by atoms with Gasteiger partial charge >= 0.3 is 0 Å². The number of ketones is 1. The largest absolute Gasteiger partial charge is 0.491 e. The van der Waals surface area contributed by atoms with E-state index in [9.17, 15) is 9.59 Å². The molecule has 2 aliphatic heterocycles. The Bertz CT molecular complexity index is 1930. The van der Waals surface area contributed by atoms with Gasteiger partial charge in [0, 0.05) is 38.3 Å². The van der Waals surface area contributed by atoms with Gasteiger partial charge in [-0.2, -0.15) is 5.10 Å². The van der Waals surface area contributed by atoms with Crippen molar-refractivity contribution in [1.29, 1.82) is 0 Å². The maximum atomic E-state index is 12.6. The summed E-state index contributed by atoms with van der Waals surface area (Å²) in [5.74, 6) is 1.45. The molecule has 4 aromatic rings. The molecule has 1 aliphatic carbocycles. The van der Waals surface area contributed by atoms with Crippen LogP contribution in [0.15, 0.2) is 80.0 Å². The Hall–Kier alpha value is -5.49. The molecule has 12 nitrogen and oxygen atoms in total. The van der Waals surface area contributed by atoms with Crippen LogP contribution in [0.5, 0.6) is 5.75 Å². The van der Waals surface area contributed by atoms with E-state index in [1.54, 1.807) is 6.20 Å². The van der Waals surface area contributed by atoms with E-state index in [1.165, 1.54) is 12.2 Å². The fourth-order valence-electron chi connectivity index (χ4n) is 7.09. The van der Waals surface area contributed by atoms with Gasteiger partial charge in [0.1, 0.15) is 11.4 Å². The van der Waals surface area contributed by atoms with E-state index in [-0.39, 0.29) is 23.5 Å². The number of morpholine rings is 1. The molecular formula is C38H42N8O4. The summed E-state index contributed by atoms with van der Waals surface area (Å²) in [6, 6.07) is 15.9. The molecule has 3 aliphatic rings. The zero-order valence-corrected chi connectivity index (χ0v) is 28.5. The van der Waals surface area contributed by atoms with Gasteiger partial charge in [0.05, 0.1) is 66.2 Å². The molecular weight excluding hydrogens is 632 g/mol. The highest BCUT2D eigenvalue weighted by molar-refractivity contribution is 6.02. The lowest BCUT2D eigenvalue weighted by Crippen LogP contribution is -2.39. The summed E-state index contributed by atoms with van der Waals surface area (Å²) >= 11 is 0. The first-order valence-electron chi connectivity index (χ1n) is 17.1. The number of allylic oxidation sites excluding steroid dienone is 1. The summed E-state index contributed by atoms with van der Waals surface area (Å²) in [7, 11) is 2.07. The fourth-order valence-corrected chi connectivity index (χ4v) is 7.09. The number of hydrogen-bond donors (Lipinski definition) is 2. The average Bonchev–Trinajstić information content (AvgIpc) is 3.58. The molecule has 0 spiro atoms. The third-order valence-corrected chi connectivity index (χ3v) is 10.0. The van der Waals surface area contributed by atoms with Crippen molar-refractivity contribution in [3.05, 3.63) is 85.7 Å². The number of benzene rings is 2. The number of para-hydroxylation sites is 2. The Morgan fingerprint density at radius 2 is 1.82 bits per heavy atom. The van der Waals surface area contributed by atoms with Crippen LogP contribution in [0.4, 0.5) is 28.7 Å². The quantitative estimate of drug-likeness (QED) is 0.179. The van der Waals surface area contributed by atoms with Crippen LogP contribution in [0.2, 0.25) is 0 Å². The van der Waals surface area contributed by atoms with Crippen molar-refractivity contribution in [2.24, 2.45) is 17.8 Å². The Morgan fingerprint density at radius 3 is 2.58 bits per heavy atom. The van der Waals surface area contributed by atoms with Gasteiger partial charge in [0.15, 0.2) is 5.78 Å². The molecule has 2 aromatic carbocycles. The predicted molar refractivity (Wildman–Crippen MR) is 194 cm³/mol. The molecule has 0 radical (unpaired) electrons. The molecule has 2 N–H and O–H groups in total. The number of fused-ring (bicyclic) bond motifs is 3. The Kier molecular flexibility index (Phi) is 9.36. The maximum absolute atomic E-state index is 12.6. The van der Waals surface area contributed by atoms with Crippen molar-refractivity contribution in [3.8, 4) is 22.8 Å². The van der Waals surface area contributed by atoms with Crippen LogP contribution in [-0.2, 0) is 20.9 Å². The Balaban J connectivity index is 1.18. The van der Waals surface area contributed by atoms with Gasteiger partial charge in [-0.3, -0.25) is 9.59 Å². The topological polar surface area (TPSA) is 127 Å². The van der Waals surface area contributed by atoms with Gasteiger partial charge in [-0.15, -0.1) is 0 Å². The van der Waals surface area contributed by atoms with Crippen LogP contribution in [0.3, 0.4) is 0 Å². The number of anilines is 5. The number of nitrogens with one attached hydrogen (secondary N) is 2. The highest BCUT2D eigenvalue weighted by Crippen LogP contribution is 2.44. The zero-order chi connectivity index (χ0) is 34.8. The van der Waals surface area contributed by atoms with Gasteiger partial charge in [0.2, 0.25) is 11.9 Å². The number of amides is 1. The summed E-state index contributed by atoms with van der Waals surface area (Å²) in [6.07, 6.45) is 6.02. The van der Waals surface area contributed by atoms with Crippen molar-refractivity contribution in [3.63, 3.8) is 0 Å². The standard InChI is InChI=1S/C38H42N8O4/c1-5-35(47)27-19-25(24(27)3)12-16-50-36-22-34(45-14-17-49-18-15-45)30(40-37(48)6-2)21-31(36)42-38-39-13-11-28(41-38)29-20-26-23-44(4)32-9-7-8-10-33(32)46(26)43-29/h5-11,13,20-22,24-25,27H,1-2,12,14-19,23H2,3-4H3,(H,40,48)(H,39,41,42). The molecule has 2 fully saturated rings. The molecule has 3 unspecified atom stereocenters. The number of ether oxygens (including phenoxy) is 2. The van der Waals surface area contributed by atoms with Crippen LogP contribution in [0.25, 0.3) is 17.1 Å². The molecule has 1 amide bonds. The minimum Gasteiger partial charge on any atom is -0.491 e. The first-order chi connectivity index (χ1) is 24.3. The van der Waals surface area contributed by atoms with Gasteiger partial charge in [-0.25, -0.2) is 14.6 Å². The zero-order valence-electron chi connectivity index (χ0n) is 28.5. The third-order valence-electron chi connectivity index (χ3n) is 10.0. The normalized spacial score (nSPS) is 19.4. The van der Waals surface area contributed by atoms with Crippen molar-refractivity contribution in [2.45, 2.75) is 26.3 Å². The van der Waals surface area contributed by atoms with E-state index in [4.69, 9.17) is 19.6 Å². The van der Waals surface area contributed by atoms with E-state index in [0.29, 0.717) is 67.6 Å². The van der Waals surface area contributed by atoms with Crippen molar-refractivity contribution < 1.29 is 19.1 Å². The predicted octanol–water partition coefficient (Wildman–Crippen LogP) is 5.78. The Morgan fingerprint density at radius 1 is 1.02 bits per heavy atom. The number of hydrogen-bond acceptors (Lipinski definition) is 10. The van der Waals surface area contributed by atoms with Gasteiger partial charge in [-0.05, 0) is 67.2 Å². The minimum atomic E-state index is -0.323. The van der Waals surface area contributed by atoms with E-state index in [1.807, 2.05) is 35.0 Å². The summed E-state index contributed by atoms with van der Waals surface area (Å²) in [5.41, 5.74) is 6.62. The van der Waals surface area contributed by atoms with Gasteiger partial charge < -0.3 is 29.9 Å². The van der Waals surface area contributed by atoms with Crippen molar-refractivity contribution >= 4 is 40.4 Å². The smallest absolute Gasteiger partial charge is 0.247 e. The highest BCUT2D eigenvalue weighted by atomic mass is 16.5. The summed E-state index contributed by atoms with van der Waals surface area (Å²) < 4.78 is 14.1. The Labute approximate surface area is 291 Å². The molecule has 1 saturated carbocycles. The second-order valence-electron chi connectivity index (χ2n) is 13.0. The van der Waals surface area contributed by atoms with Crippen LogP contribution in [-0.4, -0.2) is 71.4 Å². The molecule has 258 valence electrons. The maximum Gasteiger partial charge on any atom is 0.247 e. The van der Waals surface area contributed by atoms with Gasteiger partial charge in [-0.1, -0.05) is 32.2 Å². The first-order valence-corrected chi connectivity index (χ1v) is 17.1. The number of carbonyl (C=O) groups is 2. The third kappa shape index (κ3) is 6.58. The monoisotopic (exact) mass is 674 g/mol. The molecule has 12 heteroatoms. The van der Waals surface area contributed by atoms with Crippen LogP contribution in [0.1, 0.15) is 25.5 Å². The second kappa shape index (κ2) is 14.2. The van der Waals surface area contributed by atoms with Crippen molar-refractivity contribution in [1.82, 2.24) is 19.7 Å². The molecule has 7 rings (SSSR count). The fraction of sp³-hybridized carbons (Fsp3) is 0.342. The lowest BCUT2D eigenvalue weighted by molar-refractivity contribution is -0.125. The number of carbonyl (C=O) groups excluding carboxylic acids is 2. The first kappa shape index (κ1) is 33.0. The molecule has 0 bridgehead atoms. The summed E-state index contributed by atoms with van der Waals surface area (Å²) in [4.78, 5) is 38.5. The molecule has 4 heterocycles. The van der Waals surface area contributed by atoms with E-state index in [2.05, 4.69) is 70.7 Å². The lowest BCUT2D eigenvalue weighted by Gasteiger charge is -2.41. The lowest BCUT2D eigenvalue weighted by atomic mass is 9.63. The van der Waals surface area contributed by atoms with E-state index < -0.39 is 0 Å². The summed E-state index contributed by atoms with van der Waals surface area (Å²) in [6.45, 7) is 13.1. The van der Waals surface area contributed by atoms with E-state index >= 15 is 0 Å². The number of aromatic nitrogens is 4. The van der Waals surface area contributed by atoms with E-state index in [0.717, 1.165) is 47.8 Å².